The summed E-state index contributed by atoms with van der Waals surface area (Å²) in [6.45, 7) is -0.786. The number of rotatable bonds is 10. The highest BCUT2D eigenvalue weighted by Gasteiger charge is 2.47. The van der Waals surface area contributed by atoms with Crippen LogP contribution in [0.5, 0.6) is 5.75 Å². The number of ether oxygens (including phenoxy) is 5. The van der Waals surface area contributed by atoms with E-state index >= 15 is 0 Å². The molecule has 1 aromatic carbocycles. The predicted molar refractivity (Wildman–Crippen MR) is 126 cm³/mol. The molecule has 7 atom stereocenters. The minimum atomic E-state index is -1.83. The van der Waals surface area contributed by atoms with Crippen LogP contribution in [0, 0.1) is 5.92 Å². The van der Waals surface area contributed by atoms with E-state index < -0.39 is 73.8 Å². The molecule has 2 heterocycles. The second-order valence-electron chi connectivity index (χ2n) is 8.74. The van der Waals surface area contributed by atoms with E-state index in [9.17, 15) is 45.0 Å². The summed E-state index contributed by atoms with van der Waals surface area (Å²) in [5.41, 5.74) is 0.327. The monoisotopic (exact) mass is 554 g/mol. The molecule has 0 spiro atoms. The highest BCUT2D eigenvalue weighted by Crippen LogP contribution is 2.36. The van der Waals surface area contributed by atoms with Gasteiger partial charge in [-0.05, 0) is 17.7 Å². The second-order valence-corrected chi connectivity index (χ2v) is 8.74. The van der Waals surface area contributed by atoms with Crippen molar-refractivity contribution in [3.8, 4) is 5.75 Å². The Morgan fingerprint density at radius 2 is 1.74 bits per heavy atom. The molecule has 2 aliphatic rings. The molecule has 39 heavy (non-hydrogen) atoms. The first-order chi connectivity index (χ1) is 18.5. The summed E-state index contributed by atoms with van der Waals surface area (Å²) in [4.78, 5) is 36.8. The van der Waals surface area contributed by atoms with Crippen LogP contribution in [0.3, 0.4) is 0 Å². The Kier molecular flexibility index (Phi) is 10.4. The molecule has 214 valence electrons. The number of esters is 2. The lowest BCUT2D eigenvalue weighted by Crippen LogP contribution is -2.60. The molecule has 0 bridgehead atoms. The summed E-state index contributed by atoms with van der Waals surface area (Å²) < 4.78 is 26.2. The van der Waals surface area contributed by atoms with Crippen molar-refractivity contribution < 1.29 is 68.7 Å². The van der Waals surface area contributed by atoms with Crippen LogP contribution in [0.1, 0.15) is 12.0 Å². The Balaban J connectivity index is 1.80. The second kappa shape index (κ2) is 13.5. The lowest BCUT2D eigenvalue weighted by atomic mass is 9.86. The zero-order valence-corrected chi connectivity index (χ0v) is 20.8. The van der Waals surface area contributed by atoms with Gasteiger partial charge in [0.1, 0.15) is 30.2 Å². The molecule has 1 saturated heterocycles. The number of benzene rings is 1. The van der Waals surface area contributed by atoms with Crippen LogP contribution in [-0.2, 0) is 44.5 Å². The maximum atomic E-state index is 12.7. The third-order valence-electron chi connectivity index (χ3n) is 6.15. The Labute approximate surface area is 222 Å². The highest BCUT2D eigenvalue weighted by molar-refractivity contribution is 5.91. The lowest BCUT2D eigenvalue weighted by molar-refractivity contribution is -0.327. The van der Waals surface area contributed by atoms with Crippen LogP contribution in [0.4, 0.5) is 0 Å². The quantitative estimate of drug-likeness (QED) is 0.147. The number of aliphatic hydroxyl groups excluding tert-OH is 4. The summed E-state index contributed by atoms with van der Waals surface area (Å²) >= 11 is 0. The molecule has 2 aliphatic heterocycles. The van der Waals surface area contributed by atoms with Gasteiger partial charge < -0.3 is 54.3 Å². The van der Waals surface area contributed by atoms with Crippen LogP contribution in [-0.4, -0.2) is 106 Å². The average molecular weight is 555 g/mol. The van der Waals surface area contributed by atoms with E-state index in [-0.39, 0.29) is 23.5 Å². The molecule has 3 rings (SSSR count). The number of carbonyl (C=O) groups is 3. The van der Waals surface area contributed by atoms with Gasteiger partial charge in [-0.1, -0.05) is 12.1 Å². The first kappa shape index (κ1) is 30.0. The van der Waals surface area contributed by atoms with Gasteiger partial charge in [0, 0.05) is 24.0 Å². The van der Waals surface area contributed by atoms with Crippen LogP contribution in [0.15, 0.2) is 47.7 Å². The van der Waals surface area contributed by atoms with Crippen LogP contribution in [0.2, 0.25) is 0 Å². The average Bonchev–Trinajstić information content (AvgIpc) is 2.91. The zero-order valence-electron chi connectivity index (χ0n) is 20.8. The molecule has 0 amide bonds. The van der Waals surface area contributed by atoms with Gasteiger partial charge in [-0.3, -0.25) is 4.79 Å². The van der Waals surface area contributed by atoms with Gasteiger partial charge in [-0.15, -0.1) is 0 Å². The van der Waals surface area contributed by atoms with Crippen molar-refractivity contribution in [2.75, 3.05) is 20.3 Å². The maximum absolute atomic E-state index is 12.7. The smallest absolute Gasteiger partial charge is 0.337 e. The zero-order chi connectivity index (χ0) is 28.7. The molecule has 1 aromatic rings. The van der Waals surface area contributed by atoms with Crippen molar-refractivity contribution in [2.45, 2.75) is 49.8 Å². The Morgan fingerprint density at radius 1 is 1.05 bits per heavy atom. The van der Waals surface area contributed by atoms with Crippen molar-refractivity contribution in [2.24, 2.45) is 5.92 Å². The van der Waals surface area contributed by atoms with Gasteiger partial charge in [-0.2, -0.15) is 0 Å². The molecule has 6 N–H and O–H groups in total. The molecular weight excluding hydrogens is 524 g/mol. The number of aliphatic hydroxyl groups is 4. The molecule has 14 nitrogen and oxygen atoms in total. The molecule has 0 aromatic heterocycles. The standard InChI is InChI=1S/C25H30O14/c1-35-23(34)16-11-37-24(39-25-22(33)21(32)20(31)17(10-26)38-25)15(8-18(28)29)14(16)9-19(30)36-7-6-12-2-4-13(27)5-3-12/h2-5,8,11,14,17,20-22,24-27,31-33H,6-7,9-10H2,1H3,(H,28,29)/t14?,17-,20-,21+,22-,24?,25+/m1/s1. The summed E-state index contributed by atoms with van der Waals surface area (Å²) in [5, 5.41) is 58.6. The van der Waals surface area contributed by atoms with E-state index in [0.29, 0.717) is 12.5 Å². The van der Waals surface area contributed by atoms with Crippen LogP contribution in [0.25, 0.3) is 0 Å². The minimum absolute atomic E-state index is 0.0487. The van der Waals surface area contributed by atoms with E-state index in [0.717, 1.165) is 18.9 Å². The molecule has 0 aliphatic carbocycles. The molecule has 14 heteroatoms. The highest BCUT2D eigenvalue weighted by atomic mass is 16.8. The third-order valence-corrected chi connectivity index (χ3v) is 6.15. The number of hydrogen-bond acceptors (Lipinski definition) is 13. The van der Waals surface area contributed by atoms with Crippen molar-refractivity contribution in [1.29, 1.82) is 0 Å². The van der Waals surface area contributed by atoms with Crippen molar-refractivity contribution in [3.63, 3.8) is 0 Å². The van der Waals surface area contributed by atoms with E-state index in [1.54, 1.807) is 12.1 Å². The number of phenolic OH excluding ortho intramolecular Hbond substituents is 1. The van der Waals surface area contributed by atoms with Crippen molar-refractivity contribution in [3.05, 3.63) is 53.3 Å². The van der Waals surface area contributed by atoms with Gasteiger partial charge >= 0.3 is 17.9 Å². The Hall–Kier alpha value is -3.53. The van der Waals surface area contributed by atoms with Gasteiger partial charge in [-0.25, -0.2) is 9.59 Å². The summed E-state index contributed by atoms with van der Waals surface area (Å²) in [6, 6.07) is 6.25. The Morgan fingerprint density at radius 3 is 2.36 bits per heavy atom. The number of methoxy groups -OCH3 is 1. The van der Waals surface area contributed by atoms with Crippen LogP contribution >= 0.6 is 0 Å². The molecule has 1 fully saturated rings. The van der Waals surface area contributed by atoms with E-state index in [4.69, 9.17) is 23.7 Å². The molecular formula is C25H30O14. The number of carboxylic acid groups (broad SMARTS) is 1. The molecule has 2 unspecified atom stereocenters. The first-order valence-electron chi connectivity index (χ1n) is 11.8. The first-order valence-corrected chi connectivity index (χ1v) is 11.8. The summed E-state index contributed by atoms with van der Waals surface area (Å²) in [7, 11) is 1.08. The third kappa shape index (κ3) is 7.53. The molecule has 0 radical (unpaired) electrons. The minimum Gasteiger partial charge on any atom is -0.508 e. The summed E-state index contributed by atoms with van der Waals surface area (Å²) in [6.07, 6.45) is -8.56. The predicted octanol–water partition coefficient (Wildman–Crippen LogP) is -1.28. The van der Waals surface area contributed by atoms with Crippen LogP contribution < -0.4 is 0 Å². The topological polar surface area (TPSA) is 219 Å². The van der Waals surface area contributed by atoms with E-state index in [2.05, 4.69) is 0 Å². The number of hydrogen-bond donors (Lipinski definition) is 6. The number of carboxylic acids is 1. The van der Waals surface area contributed by atoms with E-state index in [1.165, 1.54) is 12.1 Å². The number of phenols is 1. The van der Waals surface area contributed by atoms with Gasteiger partial charge in [0.15, 0.2) is 6.29 Å². The SMILES string of the molecule is COC(=O)C1=COC(O[C@@H]2O[C@H](CO)[C@@H](O)[C@H](O)[C@H]2O)C(=CC(=O)O)C1CC(=O)OCCc1ccc(O)cc1. The van der Waals surface area contributed by atoms with Gasteiger partial charge in [0.25, 0.3) is 0 Å². The van der Waals surface area contributed by atoms with Crippen molar-refractivity contribution >= 4 is 17.9 Å². The number of aromatic hydroxyl groups is 1. The number of aliphatic carboxylic acids is 1. The largest absolute Gasteiger partial charge is 0.508 e. The number of carbonyl (C=O) groups excluding carboxylic acids is 2. The fraction of sp³-hybridized carbons (Fsp3) is 0.480. The van der Waals surface area contributed by atoms with E-state index in [1.807, 2.05) is 0 Å². The van der Waals surface area contributed by atoms with Gasteiger partial charge in [0.2, 0.25) is 6.29 Å². The molecule has 0 saturated carbocycles. The summed E-state index contributed by atoms with van der Waals surface area (Å²) in [5.74, 6) is -4.36. The fourth-order valence-electron chi connectivity index (χ4n) is 4.07. The Bertz CT molecular complexity index is 1080. The van der Waals surface area contributed by atoms with Crippen molar-refractivity contribution in [1.82, 2.24) is 0 Å². The lowest BCUT2D eigenvalue weighted by Gasteiger charge is -2.41. The maximum Gasteiger partial charge on any atom is 0.337 e. The normalized spacial score (nSPS) is 29.7. The van der Waals surface area contributed by atoms with Gasteiger partial charge in [0.05, 0.1) is 38.6 Å². The fourth-order valence-corrected chi connectivity index (χ4v) is 4.07.